The number of nitrogens with zero attached hydrogens (tertiary/aromatic N) is 1. The van der Waals surface area contributed by atoms with Crippen LogP contribution < -0.4 is 5.32 Å². The van der Waals surface area contributed by atoms with Crippen molar-refractivity contribution in [2.75, 3.05) is 20.1 Å². The van der Waals surface area contributed by atoms with Crippen LogP contribution in [0.15, 0.2) is 24.3 Å². The lowest BCUT2D eigenvalue weighted by Crippen LogP contribution is -2.43. The van der Waals surface area contributed by atoms with Gasteiger partial charge < -0.3 is 5.32 Å². The first-order chi connectivity index (χ1) is 9.22. The Bertz CT molecular complexity index is 371. The van der Waals surface area contributed by atoms with Crippen LogP contribution in [0.5, 0.6) is 0 Å². The molecule has 106 valence electrons. The molecule has 2 unspecified atom stereocenters. The van der Waals surface area contributed by atoms with Crippen LogP contribution in [0.2, 0.25) is 0 Å². The number of rotatable bonds is 5. The fourth-order valence-electron chi connectivity index (χ4n) is 3.02. The van der Waals surface area contributed by atoms with Crippen LogP contribution in [0.3, 0.4) is 0 Å². The van der Waals surface area contributed by atoms with Crippen molar-refractivity contribution >= 4 is 0 Å². The molecule has 0 aromatic heterocycles. The lowest BCUT2D eigenvalue weighted by molar-refractivity contribution is 0.147. The molecule has 2 heteroatoms. The predicted octanol–water partition coefficient (Wildman–Crippen LogP) is 3.07. The Morgan fingerprint density at radius 3 is 2.58 bits per heavy atom. The summed E-state index contributed by atoms with van der Waals surface area (Å²) < 4.78 is 0. The molecule has 1 N–H and O–H groups in total. The van der Waals surface area contributed by atoms with Crippen LogP contribution in [0, 0.1) is 5.92 Å². The zero-order valence-corrected chi connectivity index (χ0v) is 12.7. The van der Waals surface area contributed by atoms with Gasteiger partial charge in [0, 0.05) is 19.1 Å². The second-order valence-corrected chi connectivity index (χ2v) is 5.88. The Labute approximate surface area is 118 Å². The third-order valence-electron chi connectivity index (χ3n) is 4.54. The summed E-state index contributed by atoms with van der Waals surface area (Å²) in [6, 6.07) is 9.76. The van der Waals surface area contributed by atoms with Crippen LogP contribution in [0.25, 0.3) is 0 Å². The number of piperidine rings is 1. The number of likely N-dealkylation sites (tertiary alicyclic amines) is 1. The van der Waals surface area contributed by atoms with Crippen molar-refractivity contribution in [2.24, 2.45) is 5.92 Å². The van der Waals surface area contributed by atoms with E-state index in [1.54, 1.807) is 0 Å². The lowest BCUT2D eigenvalue weighted by atomic mass is 9.91. The van der Waals surface area contributed by atoms with Gasteiger partial charge in [0.25, 0.3) is 0 Å². The Kier molecular flexibility index (Phi) is 5.41. The van der Waals surface area contributed by atoms with E-state index in [0.717, 1.165) is 18.9 Å². The average molecular weight is 260 g/mol. The van der Waals surface area contributed by atoms with E-state index in [1.165, 1.54) is 37.1 Å². The third-order valence-corrected chi connectivity index (χ3v) is 4.54. The van der Waals surface area contributed by atoms with E-state index in [1.807, 2.05) is 0 Å². The summed E-state index contributed by atoms with van der Waals surface area (Å²) in [6.45, 7) is 8.12. The van der Waals surface area contributed by atoms with Crippen molar-refractivity contribution in [1.82, 2.24) is 10.2 Å². The molecule has 2 rings (SSSR count). The molecule has 1 saturated heterocycles. The van der Waals surface area contributed by atoms with E-state index >= 15 is 0 Å². The van der Waals surface area contributed by atoms with Crippen molar-refractivity contribution in [3.63, 3.8) is 0 Å². The highest BCUT2D eigenvalue weighted by atomic mass is 15.1. The number of hydrogen-bond acceptors (Lipinski definition) is 2. The van der Waals surface area contributed by atoms with Crippen molar-refractivity contribution in [2.45, 2.75) is 45.7 Å². The molecule has 0 saturated carbocycles. The maximum Gasteiger partial charge on any atom is 0.0233 e. The lowest BCUT2D eigenvalue weighted by Gasteiger charge is -2.35. The van der Waals surface area contributed by atoms with Crippen LogP contribution in [0.1, 0.15) is 37.8 Å². The largest absolute Gasteiger partial charge is 0.317 e. The highest BCUT2D eigenvalue weighted by molar-refractivity contribution is 5.22. The Hall–Kier alpha value is -0.860. The van der Waals surface area contributed by atoms with Gasteiger partial charge in [-0.1, -0.05) is 31.2 Å². The molecule has 1 aromatic rings. The van der Waals surface area contributed by atoms with Crippen molar-refractivity contribution in [3.8, 4) is 0 Å². The maximum atomic E-state index is 3.41. The molecule has 0 radical (unpaired) electrons. The number of aryl methyl sites for hydroxylation is 1. The highest BCUT2D eigenvalue weighted by Gasteiger charge is 2.23. The monoisotopic (exact) mass is 260 g/mol. The van der Waals surface area contributed by atoms with Crippen molar-refractivity contribution in [3.05, 3.63) is 35.4 Å². The van der Waals surface area contributed by atoms with Crippen LogP contribution in [-0.2, 0) is 13.0 Å². The molecule has 1 aromatic carbocycles. The molecule has 1 aliphatic rings. The van der Waals surface area contributed by atoms with Crippen LogP contribution >= 0.6 is 0 Å². The Balaban J connectivity index is 1.90. The minimum absolute atomic E-state index is 0.630. The smallest absolute Gasteiger partial charge is 0.0233 e. The van der Waals surface area contributed by atoms with Gasteiger partial charge in [0.15, 0.2) is 0 Å². The summed E-state index contributed by atoms with van der Waals surface area (Å²) in [5, 5.41) is 3.41. The first-order valence-electron chi connectivity index (χ1n) is 7.70. The van der Waals surface area contributed by atoms with E-state index in [4.69, 9.17) is 0 Å². The Morgan fingerprint density at radius 1 is 1.26 bits per heavy atom. The zero-order valence-electron chi connectivity index (χ0n) is 12.7. The number of benzene rings is 1. The van der Waals surface area contributed by atoms with E-state index < -0.39 is 0 Å². The molecule has 1 fully saturated rings. The summed E-state index contributed by atoms with van der Waals surface area (Å²) in [7, 11) is 2.08. The van der Waals surface area contributed by atoms with Gasteiger partial charge in [0.1, 0.15) is 0 Å². The SMILES string of the molecule is CCc1ccc(CN2CCCC(C(C)NC)C2)cc1. The van der Waals surface area contributed by atoms with Crippen molar-refractivity contribution < 1.29 is 0 Å². The first kappa shape index (κ1) is 14.5. The fraction of sp³-hybridized carbons (Fsp3) is 0.647. The van der Waals surface area contributed by atoms with E-state index in [-0.39, 0.29) is 0 Å². The molecular weight excluding hydrogens is 232 g/mol. The first-order valence-corrected chi connectivity index (χ1v) is 7.70. The van der Waals surface area contributed by atoms with Gasteiger partial charge in [-0.2, -0.15) is 0 Å². The molecule has 0 amide bonds. The van der Waals surface area contributed by atoms with Gasteiger partial charge in [0.05, 0.1) is 0 Å². The summed E-state index contributed by atoms with van der Waals surface area (Å²) >= 11 is 0. The van der Waals surface area contributed by atoms with E-state index in [9.17, 15) is 0 Å². The van der Waals surface area contributed by atoms with E-state index in [0.29, 0.717) is 6.04 Å². The van der Waals surface area contributed by atoms with Gasteiger partial charge in [0.2, 0.25) is 0 Å². The number of nitrogens with one attached hydrogen (secondary N) is 1. The van der Waals surface area contributed by atoms with Gasteiger partial charge in [-0.3, -0.25) is 4.90 Å². The molecule has 1 aliphatic heterocycles. The molecule has 2 atom stereocenters. The Morgan fingerprint density at radius 2 is 1.95 bits per heavy atom. The molecule has 2 nitrogen and oxygen atoms in total. The van der Waals surface area contributed by atoms with Crippen molar-refractivity contribution in [1.29, 1.82) is 0 Å². The summed E-state index contributed by atoms with van der Waals surface area (Å²) in [4.78, 5) is 2.61. The van der Waals surface area contributed by atoms with Gasteiger partial charge in [-0.15, -0.1) is 0 Å². The van der Waals surface area contributed by atoms with Gasteiger partial charge in [-0.25, -0.2) is 0 Å². The maximum absolute atomic E-state index is 3.41. The second kappa shape index (κ2) is 7.06. The quantitative estimate of drug-likeness (QED) is 0.875. The summed E-state index contributed by atoms with van der Waals surface area (Å²) in [5.74, 6) is 0.800. The van der Waals surface area contributed by atoms with Crippen LogP contribution in [-0.4, -0.2) is 31.1 Å². The zero-order chi connectivity index (χ0) is 13.7. The molecule has 0 bridgehead atoms. The van der Waals surface area contributed by atoms with Crippen LogP contribution in [0.4, 0.5) is 0 Å². The molecule has 19 heavy (non-hydrogen) atoms. The summed E-state index contributed by atoms with van der Waals surface area (Å²) in [5.41, 5.74) is 2.89. The summed E-state index contributed by atoms with van der Waals surface area (Å²) in [6.07, 6.45) is 3.84. The second-order valence-electron chi connectivity index (χ2n) is 5.88. The predicted molar refractivity (Wildman–Crippen MR) is 82.3 cm³/mol. The average Bonchev–Trinajstić information content (AvgIpc) is 2.47. The third kappa shape index (κ3) is 4.05. The minimum atomic E-state index is 0.630. The normalized spacial score (nSPS) is 22.4. The van der Waals surface area contributed by atoms with Gasteiger partial charge in [-0.05, 0) is 56.8 Å². The number of hydrogen-bond donors (Lipinski definition) is 1. The standard InChI is InChI=1S/C17H28N2/c1-4-15-7-9-16(10-8-15)12-19-11-5-6-17(13-19)14(2)18-3/h7-10,14,17-18H,4-6,11-13H2,1-3H3. The topological polar surface area (TPSA) is 15.3 Å². The highest BCUT2D eigenvalue weighted by Crippen LogP contribution is 2.21. The minimum Gasteiger partial charge on any atom is -0.317 e. The molecule has 0 spiro atoms. The van der Waals surface area contributed by atoms with E-state index in [2.05, 4.69) is 55.4 Å². The molecule has 1 heterocycles. The molecule has 0 aliphatic carbocycles. The molecular formula is C17H28N2. The fourth-order valence-corrected chi connectivity index (χ4v) is 3.02. The van der Waals surface area contributed by atoms with Gasteiger partial charge >= 0.3 is 0 Å².